The quantitative estimate of drug-likeness (QED) is 0.562. The van der Waals surface area contributed by atoms with E-state index in [2.05, 4.69) is 15.4 Å². The number of aromatic nitrogens is 4. The number of hydrogen-bond donors (Lipinski definition) is 2. The summed E-state index contributed by atoms with van der Waals surface area (Å²) in [4.78, 5) is 1.30. The van der Waals surface area contributed by atoms with Crippen LogP contribution in [0, 0.1) is 0 Å². The van der Waals surface area contributed by atoms with Gasteiger partial charge in [-0.15, -0.1) is 10.2 Å². The Labute approximate surface area is 64.0 Å². The van der Waals surface area contributed by atoms with Crippen molar-refractivity contribution in [3.05, 3.63) is 5.82 Å². The molecule has 6 heteroatoms. The van der Waals surface area contributed by atoms with Crippen LogP contribution in [0.4, 0.5) is 0 Å². The Morgan fingerprint density at radius 2 is 2.45 bits per heavy atom. The van der Waals surface area contributed by atoms with Gasteiger partial charge in [-0.1, -0.05) is 0 Å². The molecule has 1 rings (SSSR count). The van der Waals surface area contributed by atoms with Gasteiger partial charge in [-0.25, -0.2) is 0 Å². The number of hydrogen-bond acceptors (Lipinski definition) is 5. The Kier molecular flexibility index (Phi) is 2.50. The van der Waals surface area contributed by atoms with Gasteiger partial charge in [-0.05, 0) is 18.2 Å². The second-order valence-electron chi connectivity index (χ2n) is 2.23. The van der Waals surface area contributed by atoms with Crippen LogP contribution in [0.15, 0.2) is 0 Å². The molecule has 0 aromatic carbocycles. The maximum Gasteiger partial charge on any atom is 0.203 e. The molecule has 1 heterocycles. The maximum atomic E-state index is 9.28. The Hall–Kier alpha value is -1.01. The topological polar surface area (TPSA) is 89.8 Å². The molecule has 0 aliphatic rings. The van der Waals surface area contributed by atoms with Gasteiger partial charge in [0, 0.05) is 0 Å². The first-order valence-electron chi connectivity index (χ1n) is 3.36. The Morgan fingerprint density at radius 3 is 2.91 bits per heavy atom. The predicted molar refractivity (Wildman–Crippen MR) is 37.4 cm³/mol. The smallest absolute Gasteiger partial charge is 0.203 e. The zero-order chi connectivity index (χ0) is 8.27. The van der Waals surface area contributed by atoms with Crippen molar-refractivity contribution in [1.29, 1.82) is 0 Å². The van der Waals surface area contributed by atoms with Crippen LogP contribution in [0.1, 0.15) is 18.3 Å². The van der Waals surface area contributed by atoms with Crippen molar-refractivity contribution in [1.82, 2.24) is 20.2 Å². The highest BCUT2D eigenvalue weighted by Gasteiger charge is 2.11. The van der Waals surface area contributed by atoms with Crippen molar-refractivity contribution < 1.29 is 5.11 Å². The zero-order valence-corrected chi connectivity index (χ0v) is 6.30. The number of aryl methyl sites for hydroxylation is 1. The van der Waals surface area contributed by atoms with Crippen molar-refractivity contribution in [3.63, 3.8) is 0 Å². The summed E-state index contributed by atoms with van der Waals surface area (Å²) in [7, 11) is 1.64. The number of nitrogens with two attached hydrogens (primary N) is 1. The average Bonchev–Trinajstić information content (AvgIpc) is 2.36. The van der Waals surface area contributed by atoms with E-state index in [-0.39, 0.29) is 0 Å². The van der Waals surface area contributed by atoms with Gasteiger partial charge in [0.2, 0.25) is 5.82 Å². The number of nitrogens with zero attached hydrogens (tertiary/aromatic N) is 4. The minimum absolute atomic E-state index is 0.331. The van der Waals surface area contributed by atoms with E-state index in [1.807, 2.05) is 0 Å². The average molecular weight is 157 g/mol. The van der Waals surface area contributed by atoms with Crippen LogP contribution in [-0.2, 0) is 7.05 Å². The lowest BCUT2D eigenvalue weighted by molar-refractivity contribution is 0.160. The van der Waals surface area contributed by atoms with Crippen molar-refractivity contribution in [2.45, 2.75) is 12.5 Å². The molecule has 1 unspecified atom stereocenters. The molecule has 1 atom stereocenters. The van der Waals surface area contributed by atoms with E-state index < -0.39 is 6.10 Å². The molecule has 0 spiro atoms. The van der Waals surface area contributed by atoms with Gasteiger partial charge in [0.05, 0.1) is 7.05 Å². The third-order valence-corrected chi connectivity index (χ3v) is 1.26. The molecule has 1 aromatic rings. The van der Waals surface area contributed by atoms with Crippen LogP contribution in [0.3, 0.4) is 0 Å². The van der Waals surface area contributed by atoms with Gasteiger partial charge in [0.25, 0.3) is 0 Å². The lowest BCUT2D eigenvalue weighted by Crippen LogP contribution is -2.08. The molecule has 0 saturated heterocycles. The Balaban J connectivity index is 2.60. The molecule has 3 N–H and O–H groups in total. The Bertz CT molecular complexity index is 222. The predicted octanol–water partition coefficient (Wildman–Crippen LogP) is -1.41. The van der Waals surface area contributed by atoms with E-state index >= 15 is 0 Å². The van der Waals surface area contributed by atoms with Crippen molar-refractivity contribution in [3.8, 4) is 0 Å². The van der Waals surface area contributed by atoms with Crippen LogP contribution in [0.5, 0.6) is 0 Å². The first kappa shape index (κ1) is 8.09. The number of rotatable bonds is 3. The first-order valence-corrected chi connectivity index (χ1v) is 3.36. The summed E-state index contributed by atoms with van der Waals surface area (Å²) in [5.41, 5.74) is 5.23. The van der Waals surface area contributed by atoms with E-state index in [9.17, 15) is 5.11 Å². The number of tetrazole rings is 1. The van der Waals surface area contributed by atoms with Crippen LogP contribution < -0.4 is 5.73 Å². The second kappa shape index (κ2) is 3.40. The minimum Gasteiger partial charge on any atom is -0.385 e. The molecule has 0 aliphatic heterocycles. The molecular formula is C5H11N5O. The lowest BCUT2D eigenvalue weighted by atomic mass is 10.2. The molecule has 11 heavy (non-hydrogen) atoms. The van der Waals surface area contributed by atoms with E-state index in [4.69, 9.17) is 5.73 Å². The van der Waals surface area contributed by atoms with Crippen LogP contribution >= 0.6 is 0 Å². The third kappa shape index (κ3) is 1.95. The van der Waals surface area contributed by atoms with E-state index in [1.165, 1.54) is 4.80 Å². The molecule has 6 nitrogen and oxygen atoms in total. The van der Waals surface area contributed by atoms with Crippen molar-refractivity contribution in [2.75, 3.05) is 6.54 Å². The first-order chi connectivity index (χ1) is 5.24. The van der Waals surface area contributed by atoms with Crippen molar-refractivity contribution in [2.24, 2.45) is 12.8 Å². The molecular weight excluding hydrogens is 146 g/mol. The molecule has 0 bridgehead atoms. The summed E-state index contributed by atoms with van der Waals surface area (Å²) in [5.74, 6) is 0.331. The Morgan fingerprint density at radius 1 is 1.73 bits per heavy atom. The number of aliphatic hydroxyl groups is 1. The monoisotopic (exact) mass is 157 g/mol. The van der Waals surface area contributed by atoms with E-state index in [0.29, 0.717) is 18.8 Å². The zero-order valence-electron chi connectivity index (χ0n) is 6.30. The summed E-state index contributed by atoms with van der Waals surface area (Å²) in [6.07, 6.45) is -0.222. The van der Waals surface area contributed by atoms with Crippen molar-refractivity contribution >= 4 is 0 Å². The summed E-state index contributed by atoms with van der Waals surface area (Å²) in [5, 5.41) is 20.3. The summed E-state index contributed by atoms with van der Waals surface area (Å²) in [6.45, 7) is 0.416. The van der Waals surface area contributed by atoms with Crippen LogP contribution in [0.2, 0.25) is 0 Å². The van der Waals surface area contributed by atoms with E-state index in [1.54, 1.807) is 7.05 Å². The van der Waals surface area contributed by atoms with Gasteiger partial charge < -0.3 is 10.8 Å². The van der Waals surface area contributed by atoms with Gasteiger partial charge >= 0.3 is 0 Å². The van der Waals surface area contributed by atoms with Crippen LogP contribution in [-0.4, -0.2) is 31.9 Å². The van der Waals surface area contributed by atoms with Gasteiger partial charge in [0.1, 0.15) is 6.10 Å². The molecule has 0 saturated carbocycles. The fourth-order valence-corrected chi connectivity index (χ4v) is 0.719. The van der Waals surface area contributed by atoms with Gasteiger partial charge in [-0.3, -0.25) is 0 Å². The molecule has 0 radical (unpaired) electrons. The molecule has 62 valence electrons. The fourth-order valence-electron chi connectivity index (χ4n) is 0.719. The third-order valence-electron chi connectivity index (χ3n) is 1.26. The van der Waals surface area contributed by atoms with E-state index in [0.717, 1.165) is 0 Å². The fraction of sp³-hybridized carbons (Fsp3) is 0.800. The highest BCUT2D eigenvalue weighted by Crippen LogP contribution is 2.07. The lowest BCUT2D eigenvalue weighted by Gasteiger charge is -2.00. The highest BCUT2D eigenvalue weighted by atomic mass is 16.3. The highest BCUT2D eigenvalue weighted by molar-refractivity contribution is 4.83. The molecule has 0 aliphatic carbocycles. The molecule has 1 aromatic heterocycles. The maximum absolute atomic E-state index is 9.28. The summed E-state index contributed by atoms with van der Waals surface area (Å²) in [6, 6.07) is 0. The molecule has 0 fully saturated rings. The second-order valence-corrected chi connectivity index (χ2v) is 2.23. The molecule has 0 amide bonds. The number of aliphatic hydroxyl groups excluding tert-OH is 1. The van der Waals surface area contributed by atoms with Gasteiger partial charge in [-0.2, -0.15) is 4.80 Å². The minimum atomic E-state index is -0.686. The largest absolute Gasteiger partial charge is 0.385 e. The normalized spacial score (nSPS) is 13.4. The standard InChI is InChI=1S/C5H11N5O/c1-10-8-5(7-9-10)4(11)2-3-6/h4,11H,2-3,6H2,1H3. The summed E-state index contributed by atoms with van der Waals surface area (Å²) < 4.78 is 0. The SMILES string of the molecule is Cn1nnc(C(O)CCN)n1. The summed E-state index contributed by atoms with van der Waals surface area (Å²) >= 11 is 0. The van der Waals surface area contributed by atoms with Gasteiger partial charge in [0.15, 0.2) is 0 Å². The van der Waals surface area contributed by atoms with Crippen LogP contribution in [0.25, 0.3) is 0 Å².